The smallest absolute Gasteiger partial charge is 0.0337 e. The molecule has 3 fully saturated rings. The van der Waals surface area contributed by atoms with Gasteiger partial charge >= 0.3 is 0 Å². The van der Waals surface area contributed by atoms with Crippen molar-refractivity contribution in [2.24, 2.45) is 35.5 Å². The summed E-state index contributed by atoms with van der Waals surface area (Å²) in [6, 6.07) is 6.03. The lowest BCUT2D eigenvalue weighted by Gasteiger charge is -2.29. The molecule has 0 atom stereocenters. The molecule has 0 aromatic heterocycles. The highest BCUT2D eigenvalue weighted by atomic mass is 14.6. The molecule has 3 aliphatic carbocycles. The molecule has 0 unspecified atom stereocenters. The van der Waals surface area contributed by atoms with Crippen molar-refractivity contribution >= 4 is 11.4 Å². The van der Waals surface area contributed by atoms with Crippen LogP contribution in [0.15, 0.2) is 42.5 Å². The van der Waals surface area contributed by atoms with E-state index in [2.05, 4.69) is 43.4 Å². The highest BCUT2D eigenvalue weighted by molar-refractivity contribution is 5.54. The zero-order valence-corrected chi connectivity index (χ0v) is 22.5. The van der Waals surface area contributed by atoms with E-state index in [9.17, 15) is 0 Å². The quantitative estimate of drug-likeness (QED) is 0.276. The highest BCUT2D eigenvalue weighted by Gasteiger charge is 2.22. The number of nitrogens with two attached hydrogens (primary N) is 2. The predicted octanol–water partition coefficient (Wildman–Crippen LogP) is 9.12. The maximum absolute atomic E-state index is 5.96. The van der Waals surface area contributed by atoms with Crippen molar-refractivity contribution in [2.45, 2.75) is 110 Å². The van der Waals surface area contributed by atoms with Crippen LogP contribution in [0.3, 0.4) is 0 Å². The van der Waals surface area contributed by atoms with Crippen LogP contribution in [0.1, 0.15) is 109 Å². The second-order valence-electron chi connectivity index (χ2n) is 12.3. The van der Waals surface area contributed by atoms with Crippen molar-refractivity contribution in [3.05, 3.63) is 48.1 Å². The van der Waals surface area contributed by atoms with Crippen LogP contribution in [0.25, 0.3) is 0 Å². The molecule has 0 saturated heterocycles. The molecule has 4 rings (SSSR count). The summed E-state index contributed by atoms with van der Waals surface area (Å²) >= 11 is 0. The summed E-state index contributed by atoms with van der Waals surface area (Å²) in [5.41, 5.74) is 14.8. The van der Waals surface area contributed by atoms with Crippen LogP contribution in [-0.4, -0.2) is 0 Å². The van der Waals surface area contributed by atoms with E-state index in [1.54, 1.807) is 0 Å². The van der Waals surface area contributed by atoms with E-state index in [0.29, 0.717) is 0 Å². The van der Waals surface area contributed by atoms with Gasteiger partial charge in [0.05, 0.1) is 0 Å². The molecule has 1 aromatic carbocycles. The van der Waals surface area contributed by atoms with Gasteiger partial charge in [0, 0.05) is 11.4 Å². The fourth-order valence-corrected chi connectivity index (χ4v) is 7.17. The minimum atomic E-state index is 0.795. The third-order valence-electron chi connectivity index (χ3n) is 9.49. The molecule has 3 saturated carbocycles. The van der Waals surface area contributed by atoms with E-state index in [1.807, 2.05) is 6.07 Å². The van der Waals surface area contributed by atoms with Crippen molar-refractivity contribution in [2.75, 3.05) is 11.5 Å². The molecule has 0 bridgehead atoms. The average molecular weight is 477 g/mol. The largest absolute Gasteiger partial charge is 0.399 e. The molecule has 35 heavy (non-hydrogen) atoms. The minimum Gasteiger partial charge on any atom is -0.399 e. The molecular weight excluding hydrogens is 424 g/mol. The normalized spacial score (nSPS) is 32.4. The fourth-order valence-electron chi connectivity index (χ4n) is 7.17. The number of hydrogen-bond acceptors (Lipinski definition) is 2. The summed E-state index contributed by atoms with van der Waals surface area (Å²) in [5.74, 6) is 5.26. The van der Waals surface area contributed by atoms with Crippen LogP contribution in [0.2, 0.25) is 0 Å². The number of nitrogen functional groups attached to an aromatic ring is 2. The second kappa shape index (κ2) is 13.6. The van der Waals surface area contributed by atoms with E-state index < -0.39 is 0 Å². The van der Waals surface area contributed by atoms with Crippen LogP contribution in [0, 0.1) is 35.5 Å². The Morgan fingerprint density at radius 2 is 0.943 bits per heavy atom. The van der Waals surface area contributed by atoms with E-state index in [1.165, 1.54) is 102 Å². The lowest BCUT2D eigenvalue weighted by molar-refractivity contribution is 0.291. The molecular formula is C33H52N2. The number of anilines is 2. The summed E-state index contributed by atoms with van der Waals surface area (Å²) < 4.78 is 0. The van der Waals surface area contributed by atoms with Gasteiger partial charge in [-0.3, -0.25) is 0 Å². The summed E-state index contributed by atoms with van der Waals surface area (Å²) in [7, 11) is 0. The Labute approximate surface area is 216 Å². The first-order valence-corrected chi connectivity index (χ1v) is 15.1. The molecule has 0 amide bonds. The van der Waals surface area contributed by atoms with E-state index in [4.69, 9.17) is 11.5 Å². The molecule has 3 aliphatic rings. The van der Waals surface area contributed by atoms with Gasteiger partial charge in [0.25, 0.3) is 0 Å². The van der Waals surface area contributed by atoms with Crippen LogP contribution < -0.4 is 11.5 Å². The third kappa shape index (κ3) is 8.72. The molecule has 4 N–H and O–H groups in total. The van der Waals surface area contributed by atoms with Crippen LogP contribution in [-0.2, 0) is 6.42 Å². The van der Waals surface area contributed by atoms with Gasteiger partial charge in [-0.2, -0.15) is 0 Å². The van der Waals surface area contributed by atoms with Gasteiger partial charge in [-0.25, -0.2) is 0 Å². The lowest BCUT2D eigenvalue weighted by Crippen LogP contribution is -2.15. The van der Waals surface area contributed by atoms with Gasteiger partial charge in [-0.15, -0.1) is 0 Å². The van der Waals surface area contributed by atoms with E-state index >= 15 is 0 Å². The maximum atomic E-state index is 5.96. The van der Waals surface area contributed by atoms with Crippen molar-refractivity contribution in [1.82, 2.24) is 0 Å². The monoisotopic (exact) mass is 476 g/mol. The number of aryl methyl sites for hydroxylation is 1. The topological polar surface area (TPSA) is 52.0 Å². The molecule has 0 radical (unpaired) electrons. The minimum absolute atomic E-state index is 0.795. The summed E-state index contributed by atoms with van der Waals surface area (Å²) in [6.45, 7) is 2.34. The Bertz CT molecular complexity index is 780. The average Bonchev–Trinajstić information content (AvgIpc) is 2.87. The summed E-state index contributed by atoms with van der Waals surface area (Å²) in [6.07, 6.45) is 32.6. The maximum Gasteiger partial charge on any atom is 0.0337 e. The first-order valence-electron chi connectivity index (χ1n) is 15.1. The van der Waals surface area contributed by atoms with Crippen LogP contribution in [0.5, 0.6) is 0 Å². The Hall–Kier alpha value is -1.70. The van der Waals surface area contributed by atoms with Gasteiger partial charge in [-0.1, -0.05) is 44.1 Å². The number of benzene rings is 1. The lowest BCUT2D eigenvalue weighted by atomic mass is 9.77. The summed E-state index contributed by atoms with van der Waals surface area (Å²) in [4.78, 5) is 0. The molecule has 2 heteroatoms. The highest BCUT2D eigenvalue weighted by Crippen LogP contribution is 2.36. The van der Waals surface area contributed by atoms with Gasteiger partial charge in [-0.05, 0) is 149 Å². The van der Waals surface area contributed by atoms with Crippen molar-refractivity contribution in [3.63, 3.8) is 0 Å². The number of allylic oxidation sites excluding steroid dienone is 4. The zero-order chi connectivity index (χ0) is 24.5. The Morgan fingerprint density at radius 1 is 0.571 bits per heavy atom. The molecule has 194 valence electrons. The Kier molecular flexibility index (Phi) is 10.2. The number of rotatable bonds is 9. The molecule has 0 heterocycles. The number of hydrogen-bond donors (Lipinski definition) is 2. The molecule has 0 spiro atoms. The fraction of sp³-hybridized carbons (Fsp3) is 0.697. The third-order valence-corrected chi connectivity index (χ3v) is 9.49. The SMILES string of the molecule is CCCC1CCC(C=CC2CCC(C=CC3CCC(CCc4cc(N)cc(N)c4)CC3)CC2)CC1. The van der Waals surface area contributed by atoms with Crippen LogP contribution in [0.4, 0.5) is 11.4 Å². The van der Waals surface area contributed by atoms with Gasteiger partial charge in [0.1, 0.15) is 0 Å². The van der Waals surface area contributed by atoms with E-state index in [-0.39, 0.29) is 0 Å². The molecule has 2 nitrogen and oxygen atoms in total. The first kappa shape index (κ1) is 26.4. The Balaban J connectivity index is 1.10. The second-order valence-corrected chi connectivity index (χ2v) is 12.3. The Morgan fingerprint density at radius 3 is 1.34 bits per heavy atom. The van der Waals surface area contributed by atoms with Gasteiger partial charge in [0.15, 0.2) is 0 Å². The zero-order valence-electron chi connectivity index (χ0n) is 22.5. The van der Waals surface area contributed by atoms with Crippen molar-refractivity contribution in [1.29, 1.82) is 0 Å². The van der Waals surface area contributed by atoms with E-state index in [0.717, 1.165) is 53.3 Å². The predicted molar refractivity (Wildman–Crippen MR) is 153 cm³/mol. The van der Waals surface area contributed by atoms with Crippen molar-refractivity contribution in [3.8, 4) is 0 Å². The summed E-state index contributed by atoms with van der Waals surface area (Å²) in [5, 5.41) is 0. The standard InChI is InChI=1S/C33H52N2/c1-2-3-25-4-6-26(7-5-25)8-9-27-10-12-28(13-11-27)14-15-29-16-18-30(19-17-29)20-21-31-22-32(34)24-33(35)23-31/h8-9,14-15,22-30H,2-7,10-13,16-21,34-35H2,1H3. The van der Waals surface area contributed by atoms with Crippen molar-refractivity contribution < 1.29 is 0 Å². The first-order chi connectivity index (χ1) is 17.1. The molecule has 1 aromatic rings. The van der Waals surface area contributed by atoms with Gasteiger partial charge < -0.3 is 11.5 Å². The van der Waals surface area contributed by atoms with Gasteiger partial charge in [0.2, 0.25) is 0 Å². The van der Waals surface area contributed by atoms with Crippen LogP contribution >= 0.6 is 0 Å². The molecule has 0 aliphatic heterocycles.